The van der Waals surface area contributed by atoms with Crippen molar-refractivity contribution in [2.75, 3.05) is 5.32 Å². The molecule has 0 saturated carbocycles. The Kier molecular flexibility index (Phi) is 3.20. The maximum absolute atomic E-state index is 4.32. The van der Waals surface area contributed by atoms with Crippen molar-refractivity contribution in [3.63, 3.8) is 0 Å². The number of aryl methyl sites for hydroxylation is 1. The molecule has 1 aromatic carbocycles. The lowest BCUT2D eigenvalue weighted by molar-refractivity contribution is 0.406. The molecule has 0 saturated heterocycles. The fourth-order valence-electron chi connectivity index (χ4n) is 3.07. The quantitative estimate of drug-likeness (QED) is 0.893. The number of nitrogens with one attached hydrogen (secondary N) is 1. The summed E-state index contributed by atoms with van der Waals surface area (Å²) in [6.45, 7) is 6.65. The van der Waals surface area contributed by atoms with Gasteiger partial charge in [-0.25, -0.2) is 9.97 Å². The first-order chi connectivity index (χ1) is 9.56. The molecule has 0 amide bonds. The molecule has 1 atom stereocenters. The average molecular weight is 267 g/mol. The van der Waals surface area contributed by atoms with E-state index < -0.39 is 0 Å². The summed E-state index contributed by atoms with van der Waals surface area (Å²) < 4.78 is 0. The molecule has 3 nitrogen and oxygen atoms in total. The molecule has 1 aliphatic carbocycles. The van der Waals surface area contributed by atoms with E-state index in [4.69, 9.17) is 0 Å². The van der Waals surface area contributed by atoms with Crippen molar-refractivity contribution >= 4 is 5.82 Å². The number of hydrogen-bond donors (Lipinski definition) is 1. The number of fused-ring (bicyclic) bond motifs is 1. The zero-order chi connectivity index (χ0) is 14.2. The first-order valence-electron chi connectivity index (χ1n) is 7.21. The predicted octanol–water partition coefficient (Wildman–Crippen LogP) is 4.01. The largest absolute Gasteiger partial charge is 0.363 e. The first kappa shape index (κ1) is 13.1. The van der Waals surface area contributed by atoms with Gasteiger partial charge >= 0.3 is 0 Å². The van der Waals surface area contributed by atoms with E-state index in [0.29, 0.717) is 6.04 Å². The minimum atomic E-state index is 0.260. The number of aromatic nitrogens is 2. The van der Waals surface area contributed by atoms with Gasteiger partial charge in [0.15, 0.2) is 0 Å². The van der Waals surface area contributed by atoms with Crippen LogP contribution in [0.2, 0.25) is 0 Å². The van der Waals surface area contributed by atoms with Crippen LogP contribution >= 0.6 is 0 Å². The monoisotopic (exact) mass is 267 g/mol. The number of nitrogens with zero attached hydrogens (tertiary/aromatic N) is 2. The Balaban J connectivity index is 1.92. The third-order valence-electron chi connectivity index (χ3n) is 4.25. The van der Waals surface area contributed by atoms with Crippen molar-refractivity contribution in [3.8, 4) is 0 Å². The van der Waals surface area contributed by atoms with Crippen LogP contribution < -0.4 is 5.32 Å². The number of benzene rings is 1. The smallest absolute Gasteiger partial charge is 0.130 e. The number of hydrogen-bond acceptors (Lipinski definition) is 3. The lowest BCUT2D eigenvalue weighted by Crippen LogP contribution is -2.29. The van der Waals surface area contributed by atoms with E-state index in [1.54, 1.807) is 6.33 Å². The van der Waals surface area contributed by atoms with Gasteiger partial charge in [0.25, 0.3) is 0 Å². The normalized spacial score (nSPS) is 20.2. The minimum Gasteiger partial charge on any atom is -0.363 e. The van der Waals surface area contributed by atoms with E-state index in [2.05, 4.69) is 53.4 Å². The summed E-state index contributed by atoms with van der Waals surface area (Å²) in [7, 11) is 0. The van der Waals surface area contributed by atoms with E-state index in [1.807, 2.05) is 13.0 Å². The lowest BCUT2D eigenvalue weighted by atomic mass is 9.71. The highest BCUT2D eigenvalue weighted by molar-refractivity contribution is 5.44. The summed E-state index contributed by atoms with van der Waals surface area (Å²) in [5.74, 6) is 0.914. The van der Waals surface area contributed by atoms with Crippen molar-refractivity contribution in [1.29, 1.82) is 0 Å². The van der Waals surface area contributed by atoms with E-state index in [-0.39, 0.29) is 5.41 Å². The van der Waals surface area contributed by atoms with Crippen LogP contribution in [-0.2, 0) is 5.41 Å². The van der Waals surface area contributed by atoms with E-state index in [9.17, 15) is 0 Å². The molecule has 1 N–H and O–H groups in total. The van der Waals surface area contributed by atoms with Crippen molar-refractivity contribution in [2.24, 2.45) is 0 Å². The molecule has 0 radical (unpaired) electrons. The second-order valence-electron chi connectivity index (χ2n) is 6.25. The van der Waals surface area contributed by atoms with Gasteiger partial charge in [-0.15, -0.1) is 0 Å². The molecule has 104 valence electrons. The molecule has 3 rings (SSSR count). The molecule has 1 unspecified atom stereocenters. The van der Waals surface area contributed by atoms with Gasteiger partial charge in [0, 0.05) is 11.8 Å². The van der Waals surface area contributed by atoms with E-state index >= 15 is 0 Å². The van der Waals surface area contributed by atoms with Crippen LogP contribution in [0.4, 0.5) is 5.82 Å². The van der Waals surface area contributed by atoms with Gasteiger partial charge in [-0.2, -0.15) is 0 Å². The van der Waals surface area contributed by atoms with Gasteiger partial charge in [-0.05, 0) is 36.3 Å². The molecular formula is C17H21N3. The summed E-state index contributed by atoms with van der Waals surface area (Å²) in [6, 6.07) is 11.1. The summed E-state index contributed by atoms with van der Waals surface area (Å²) in [5.41, 5.74) is 4.11. The zero-order valence-corrected chi connectivity index (χ0v) is 12.4. The van der Waals surface area contributed by atoms with Gasteiger partial charge < -0.3 is 5.32 Å². The molecule has 1 heterocycles. The zero-order valence-electron chi connectivity index (χ0n) is 12.4. The Morgan fingerprint density at radius 2 is 2.00 bits per heavy atom. The molecule has 0 fully saturated rings. The minimum absolute atomic E-state index is 0.260. The molecule has 1 aromatic heterocycles. The molecule has 1 aliphatic rings. The highest BCUT2D eigenvalue weighted by Crippen LogP contribution is 2.42. The topological polar surface area (TPSA) is 37.8 Å². The molecule has 0 spiro atoms. The Morgan fingerprint density at radius 3 is 2.80 bits per heavy atom. The van der Waals surface area contributed by atoms with Crippen molar-refractivity contribution in [1.82, 2.24) is 9.97 Å². The molecule has 20 heavy (non-hydrogen) atoms. The first-order valence-corrected chi connectivity index (χ1v) is 7.21. The molecular weight excluding hydrogens is 246 g/mol. The van der Waals surface area contributed by atoms with Gasteiger partial charge in [0.2, 0.25) is 0 Å². The van der Waals surface area contributed by atoms with Gasteiger partial charge in [0.05, 0.1) is 6.04 Å². The number of rotatable bonds is 2. The van der Waals surface area contributed by atoms with Crippen molar-refractivity contribution in [3.05, 3.63) is 53.5 Å². The van der Waals surface area contributed by atoms with E-state index in [0.717, 1.165) is 17.9 Å². The maximum atomic E-state index is 4.32. The Hall–Kier alpha value is -1.90. The fourth-order valence-corrected chi connectivity index (χ4v) is 3.07. The summed E-state index contributed by atoms with van der Waals surface area (Å²) in [5, 5.41) is 3.56. The molecule has 2 aromatic rings. The SMILES string of the molecule is Cc1cc(NC2CCC(C)(C)c3ccccc32)ncn1. The predicted molar refractivity (Wildman–Crippen MR) is 81.8 cm³/mol. The summed E-state index contributed by atoms with van der Waals surface area (Å²) >= 11 is 0. The van der Waals surface area contributed by atoms with Crippen LogP contribution in [0.5, 0.6) is 0 Å². The maximum Gasteiger partial charge on any atom is 0.130 e. The average Bonchev–Trinajstić information content (AvgIpc) is 2.43. The van der Waals surface area contributed by atoms with Crippen LogP contribution in [0, 0.1) is 6.92 Å². The third-order valence-corrected chi connectivity index (χ3v) is 4.25. The number of anilines is 1. The Bertz CT molecular complexity index is 619. The fraction of sp³-hybridized carbons (Fsp3) is 0.412. The molecule has 0 bridgehead atoms. The second-order valence-corrected chi connectivity index (χ2v) is 6.25. The summed E-state index contributed by atoms with van der Waals surface area (Å²) in [4.78, 5) is 8.47. The third kappa shape index (κ3) is 2.40. The molecule has 0 aliphatic heterocycles. The highest BCUT2D eigenvalue weighted by atomic mass is 15.0. The standard InChI is InChI=1S/C17H21N3/c1-12-10-16(19-11-18-12)20-15-8-9-17(2,3)14-7-5-4-6-13(14)15/h4-7,10-11,15H,8-9H2,1-3H3,(H,18,19,20). The van der Waals surface area contributed by atoms with Crippen LogP contribution in [0.15, 0.2) is 36.7 Å². The molecule has 3 heteroatoms. The van der Waals surface area contributed by atoms with Gasteiger partial charge in [-0.3, -0.25) is 0 Å². The van der Waals surface area contributed by atoms with Gasteiger partial charge in [-0.1, -0.05) is 38.1 Å². The Morgan fingerprint density at radius 1 is 1.20 bits per heavy atom. The second kappa shape index (κ2) is 4.89. The Labute approximate surface area is 120 Å². The van der Waals surface area contributed by atoms with Crippen LogP contribution in [0.25, 0.3) is 0 Å². The van der Waals surface area contributed by atoms with Gasteiger partial charge in [0.1, 0.15) is 12.1 Å². The summed E-state index contributed by atoms with van der Waals surface area (Å²) in [6.07, 6.45) is 3.94. The van der Waals surface area contributed by atoms with Crippen molar-refractivity contribution in [2.45, 2.75) is 45.1 Å². The van der Waals surface area contributed by atoms with Crippen LogP contribution in [0.3, 0.4) is 0 Å². The highest BCUT2D eigenvalue weighted by Gasteiger charge is 2.32. The van der Waals surface area contributed by atoms with Crippen LogP contribution in [0.1, 0.15) is 49.6 Å². The lowest BCUT2D eigenvalue weighted by Gasteiger charge is -2.37. The van der Waals surface area contributed by atoms with Crippen molar-refractivity contribution < 1.29 is 0 Å². The van der Waals surface area contributed by atoms with Crippen LogP contribution in [-0.4, -0.2) is 9.97 Å². The van der Waals surface area contributed by atoms with E-state index in [1.165, 1.54) is 17.5 Å².